The highest BCUT2D eigenvalue weighted by atomic mass is 16.6. The van der Waals surface area contributed by atoms with Gasteiger partial charge in [-0.05, 0) is 56.7 Å². The molecule has 0 unspecified atom stereocenters. The van der Waals surface area contributed by atoms with Crippen LogP contribution in [0.3, 0.4) is 0 Å². The summed E-state index contributed by atoms with van der Waals surface area (Å²) in [4.78, 5) is 73.7. The molecule has 1 aromatic carbocycles. The average molecular weight is 662 g/mol. The molecular weight excluding hydrogens is 618 g/mol. The van der Waals surface area contributed by atoms with E-state index in [4.69, 9.17) is 9.47 Å². The molecular formula is C34H43N7O7. The zero-order valence-electron chi connectivity index (χ0n) is 27.5. The summed E-state index contributed by atoms with van der Waals surface area (Å²) in [7, 11) is 0. The van der Waals surface area contributed by atoms with Crippen LogP contribution in [0.4, 0.5) is 4.79 Å². The van der Waals surface area contributed by atoms with Crippen LogP contribution < -0.4 is 15.4 Å². The number of carbonyl (C=O) groups is 5. The first-order valence-electron chi connectivity index (χ1n) is 16.7. The third-order valence-electron chi connectivity index (χ3n) is 9.08. The Morgan fingerprint density at radius 1 is 1.04 bits per heavy atom. The molecule has 5 amide bonds. The Hall–Kier alpha value is -4.93. The van der Waals surface area contributed by atoms with Gasteiger partial charge in [0.15, 0.2) is 6.61 Å². The van der Waals surface area contributed by atoms with Gasteiger partial charge < -0.3 is 34.8 Å². The molecule has 2 N–H and O–H groups in total. The lowest BCUT2D eigenvalue weighted by atomic mass is 9.92. The van der Waals surface area contributed by atoms with Crippen LogP contribution in [-0.4, -0.2) is 114 Å². The Morgan fingerprint density at radius 3 is 2.48 bits per heavy atom. The molecule has 14 heteroatoms. The minimum atomic E-state index is -0.746. The van der Waals surface area contributed by atoms with Gasteiger partial charge in [0.2, 0.25) is 11.8 Å². The summed E-state index contributed by atoms with van der Waals surface area (Å²) in [6, 6.07) is 8.41. The summed E-state index contributed by atoms with van der Waals surface area (Å²) < 4.78 is 11.2. The van der Waals surface area contributed by atoms with Crippen molar-refractivity contribution in [3.8, 4) is 11.8 Å². The van der Waals surface area contributed by atoms with Crippen molar-refractivity contribution in [3.63, 3.8) is 0 Å². The zero-order valence-corrected chi connectivity index (χ0v) is 27.5. The van der Waals surface area contributed by atoms with Crippen LogP contribution in [0.25, 0.3) is 10.9 Å². The Balaban J connectivity index is 1.20. The number of benzene rings is 1. The third-order valence-corrected chi connectivity index (χ3v) is 9.08. The van der Waals surface area contributed by atoms with Crippen LogP contribution in [-0.2, 0) is 19.1 Å². The van der Waals surface area contributed by atoms with E-state index in [0.29, 0.717) is 43.7 Å². The van der Waals surface area contributed by atoms with E-state index in [1.807, 2.05) is 19.9 Å². The van der Waals surface area contributed by atoms with Crippen molar-refractivity contribution in [2.45, 2.75) is 64.5 Å². The number of fused-ring (bicyclic) bond motifs is 1. The highest BCUT2D eigenvalue weighted by Crippen LogP contribution is 2.28. The van der Waals surface area contributed by atoms with Gasteiger partial charge in [-0.2, -0.15) is 5.26 Å². The van der Waals surface area contributed by atoms with Gasteiger partial charge in [-0.3, -0.25) is 19.2 Å². The van der Waals surface area contributed by atoms with Crippen molar-refractivity contribution in [2.75, 3.05) is 52.5 Å². The predicted octanol–water partition coefficient (Wildman–Crippen LogP) is 2.14. The number of unbranched alkanes of at least 4 members (excludes halogenated alkanes) is 1. The minimum absolute atomic E-state index is 0.00598. The number of hydrogen-bond donors (Lipinski definition) is 2. The summed E-state index contributed by atoms with van der Waals surface area (Å²) in [5, 5.41) is 15.7. The molecule has 5 rings (SSSR count). The van der Waals surface area contributed by atoms with Gasteiger partial charge in [0.1, 0.15) is 17.5 Å². The number of pyridine rings is 1. The van der Waals surface area contributed by atoms with Gasteiger partial charge in [-0.25, -0.2) is 9.78 Å². The summed E-state index contributed by atoms with van der Waals surface area (Å²) in [5.41, 5.74) is 1.38. The topological polar surface area (TPSA) is 174 Å². The summed E-state index contributed by atoms with van der Waals surface area (Å²) >= 11 is 0. The number of nitrogens with one attached hydrogen (secondary N) is 2. The lowest BCUT2D eigenvalue weighted by Crippen LogP contribution is -2.52. The Bertz CT molecular complexity index is 1580. The van der Waals surface area contributed by atoms with E-state index in [9.17, 15) is 29.2 Å². The van der Waals surface area contributed by atoms with E-state index in [0.717, 1.165) is 37.7 Å². The summed E-state index contributed by atoms with van der Waals surface area (Å²) in [5.74, 6) is -1.79. The lowest BCUT2D eigenvalue weighted by Gasteiger charge is -2.34. The highest BCUT2D eigenvalue weighted by molar-refractivity contribution is 5.99. The standard InChI is InChI=1S/C34H43N7O7/c1-3-4-14-47-34(46)40-12-10-39(11-13-40)30(42)19-36-32(44)27-17-29(25-9-8-22(2)15-26(25)38-27)48-21-31(43)41-20-23(18-35)16-28(41)33(45)37-24-6-5-7-24/h8-9,15,17,23-24,28H,3-7,10-14,16,19-21H2,1-2H3,(H,36,44)(H,37,45)/t23-,28-/m0/s1. The number of nitriles is 1. The zero-order chi connectivity index (χ0) is 34.2. The maximum atomic E-state index is 13.4. The molecule has 0 radical (unpaired) electrons. The predicted molar refractivity (Wildman–Crippen MR) is 174 cm³/mol. The van der Waals surface area contributed by atoms with Gasteiger partial charge in [-0.15, -0.1) is 0 Å². The minimum Gasteiger partial charge on any atom is -0.483 e. The molecule has 2 aliphatic heterocycles. The maximum absolute atomic E-state index is 13.4. The van der Waals surface area contributed by atoms with E-state index in [2.05, 4.69) is 21.7 Å². The number of likely N-dealkylation sites (tertiary alicyclic amines) is 1. The smallest absolute Gasteiger partial charge is 0.409 e. The summed E-state index contributed by atoms with van der Waals surface area (Å²) in [6.45, 7) is 5.07. The average Bonchev–Trinajstić information content (AvgIpc) is 3.52. The normalized spacial score (nSPS) is 19.3. The SMILES string of the molecule is CCCCOC(=O)N1CCN(C(=O)CNC(=O)c2cc(OCC(=O)N3C[C@H](C#N)C[C@H]3C(=O)NC3CCC3)c3ccc(C)cc3n2)CC1. The second-order valence-corrected chi connectivity index (χ2v) is 12.6. The lowest BCUT2D eigenvalue weighted by molar-refractivity contribution is -0.140. The molecule has 2 saturated heterocycles. The van der Waals surface area contributed by atoms with Crippen LogP contribution in [0, 0.1) is 24.2 Å². The Morgan fingerprint density at radius 2 is 1.79 bits per heavy atom. The van der Waals surface area contributed by atoms with Crippen LogP contribution in [0.15, 0.2) is 24.3 Å². The van der Waals surface area contributed by atoms with Crippen molar-refractivity contribution in [1.82, 2.24) is 30.3 Å². The van der Waals surface area contributed by atoms with Gasteiger partial charge >= 0.3 is 6.09 Å². The van der Waals surface area contributed by atoms with Gasteiger partial charge in [0.25, 0.3) is 11.8 Å². The van der Waals surface area contributed by atoms with Gasteiger partial charge in [0.05, 0.1) is 30.7 Å². The van der Waals surface area contributed by atoms with Gasteiger partial charge in [-0.1, -0.05) is 19.4 Å². The highest BCUT2D eigenvalue weighted by Gasteiger charge is 2.40. The molecule has 3 heterocycles. The van der Waals surface area contributed by atoms with E-state index >= 15 is 0 Å². The molecule has 256 valence electrons. The largest absolute Gasteiger partial charge is 0.483 e. The van der Waals surface area contributed by atoms with Crippen molar-refractivity contribution in [3.05, 3.63) is 35.5 Å². The maximum Gasteiger partial charge on any atom is 0.409 e. The number of piperazine rings is 1. The fourth-order valence-electron chi connectivity index (χ4n) is 5.96. The van der Waals surface area contributed by atoms with Crippen molar-refractivity contribution >= 4 is 40.6 Å². The second kappa shape index (κ2) is 15.8. The number of hydrogen-bond acceptors (Lipinski definition) is 9. The molecule has 2 atom stereocenters. The molecule has 2 aromatic rings. The number of rotatable bonds is 11. The quantitative estimate of drug-likeness (QED) is 0.342. The first-order valence-corrected chi connectivity index (χ1v) is 16.7. The molecule has 0 spiro atoms. The van der Waals surface area contributed by atoms with Crippen LogP contribution in [0.1, 0.15) is 61.5 Å². The molecule has 3 aliphatic rings. The summed E-state index contributed by atoms with van der Waals surface area (Å²) in [6.07, 6.45) is 4.47. The number of ether oxygens (including phenoxy) is 2. The fourth-order valence-corrected chi connectivity index (χ4v) is 5.96. The van der Waals surface area contributed by atoms with Crippen LogP contribution >= 0.6 is 0 Å². The first-order chi connectivity index (χ1) is 23.2. The van der Waals surface area contributed by atoms with Gasteiger partial charge in [0, 0.05) is 50.2 Å². The molecule has 14 nitrogen and oxygen atoms in total. The monoisotopic (exact) mass is 661 g/mol. The molecule has 48 heavy (non-hydrogen) atoms. The first kappa shape index (κ1) is 34.4. The molecule has 1 aromatic heterocycles. The molecule has 1 saturated carbocycles. The second-order valence-electron chi connectivity index (χ2n) is 12.6. The van der Waals surface area contributed by atoms with E-state index in [1.54, 1.807) is 21.9 Å². The number of carbonyl (C=O) groups excluding carboxylic acids is 5. The van der Waals surface area contributed by atoms with Crippen molar-refractivity contribution < 1.29 is 33.4 Å². The van der Waals surface area contributed by atoms with Crippen LogP contribution in [0.2, 0.25) is 0 Å². The number of aromatic nitrogens is 1. The van der Waals surface area contributed by atoms with E-state index in [-0.39, 0.29) is 54.9 Å². The fraction of sp³-hybridized carbons (Fsp3) is 0.559. The number of nitrogens with zero attached hydrogens (tertiary/aromatic N) is 5. The molecule has 0 bridgehead atoms. The van der Waals surface area contributed by atoms with E-state index in [1.165, 1.54) is 11.0 Å². The third kappa shape index (κ3) is 8.31. The van der Waals surface area contributed by atoms with Crippen molar-refractivity contribution in [2.24, 2.45) is 5.92 Å². The van der Waals surface area contributed by atoms with Crippen molar-refractivity contribution in [1.29, 1.82) is 5.26 Å². The van der Waals surface area contributed by atoms with E-state index < -0.39 is 30.4 Å². The number of amides is 5. The molecule has 1 aliphatic carbocycles. The number of aryl methyl sites for hydroxylation is 1. The Labute approximate surface area is 279 Å². The van der Waals surface area contributed by atoms with Crippen LogP contribution in [0.5, 0.6) is 5.75 Å². The Kier molecular flexibility index (Phi) is 11.3. The molecule has 3 fully saturated rings.